The van der Waals surface area contributed by atoms with Crippen molar-refractivity contribution >= 4 is 0 Å². The van der Waals surface area contributed by atoms with Gasteiger partial charge in [-0.1, -0.05) is 26.7 Å². The fourth-order valence-corrected chi connectivity index (χ4v) is 3.46. The number of rotatable bonds is 11. The molecule has 2 saturated heterocycles. The maximum Gasteiger partial charge on any atom is 0.163 e. The zero-order chi connectivity index (χ0) is 19.2. The van der Waals surface area contributed by atoms with Crippen LogP contribution in [-0.4, -0.2) is 63.4 Å². The van der Waals surface area contributed by atoms with E-state index in [4.69, 9.17) is 28.4 Å². The first-order valence-corrected chi connectivity index (χ1v) is 10.00. The fraction of sp³-hybridized carbons (Fsp3) is 1.00. The average molecular weight is 375 g/mol. The van der Waals surface area contributed by atoms with E-state index in [1.165, 1.54) is 12.8 Å². The lowest BCUT2D eigenvalue weighted by Gasteiger charge is -2.25. The van der Waals surface area contributed by atoms with Gasteiger partial charge in [-0.15, -0.1) is 0 Å². The molecule has 2 fully saturated rings. The van der Waals surface area contributed by atoms with Gasteiger partial charge in [0.15, 0.2) is 11.6 Å². The highest BCUT2D eigenvalue weighted by Crippen LogP contribution is 2.25. The molecule has 0 aliphatic carbocycles. The zero-order valence-electron chi connectivity index (χ0n) is 17.4. The molecule has 3 unspecified atom stereocenters. The zero-order valence-corrected chi connectivity index (χ0v) is 17.4. The molecule has 2 rings (SSSR count). The second-order valence-electron chi connectivity index (χ2n) is 8.50. The van der Waals surface area contributed by atoms with E-state index in [1.54, 1.807) is 0 Å². The molecule has 2 aliphatic rings. The maximum absolute atomic E-state index is 5.96. The molecule has 0 bridgehead atoms. The van der Waals surface area contributed by atoms with Gasteiger partial charge in [0, 0.05) is 5.92 Å². The highest BCUT2D eigenvalue weighted by molar-refractivity contribution is 4.73. The van der Waals surface area contributed by atoms with Crippen molar-refractivity contribution in [2.24, 2.45) is 11.8 Å². The lowest BCUT2D eigenvalue weighted by Crippen LogP contribution is -2.30. The molecule has 6 nitrogen and oxygen atoms in total. The minimum atomic E-state index is -0.497. The summed E-state index contributed by atoms with van der Waals surface area (Å²) >= 11 is 0. The summed E-state index contributed by atoms with van der Waals surface area (Å²) in [4.78, 5) is 0. The van der Waals surface area contributed by atoms with Crippen LogP contribution < -0.4 is 0 Å². The van der Waals surface area contributed by atoms with E-state index in [0.717, 1.165) is 0 Å². The number of hydrogen-bond acceptors (Lipinski definition) is 6. The van der Waals surface area contributed by atoms with Crippen LogP contribution in [0.5, 0.6) is 0 Å². The lowest BCUT2D eigenvalue weighted by molar-refractivity contribution is -0.148. The Balaban J connectivity index is 1.69. The lowest BCUT2D eigenvalue weighted by atomic mass is 9.91. The van der Waals surface area contributed by atoms with Crippen LogP contribution in [-0.2, 0) is 28.4 Å². The summed E-state index contributed by atoms with van der Waals surface area (Å²) in [5, 5.41) is 0. The molecule has 0 aromatic rings. The van der Waals surface area contributed by atoms with Gasteiger partial charge in [-0.3, -0.25) is 0 Å². The van der Waals surface area contributed by atoms with Crippen molar-refractivity contribution in [1.82, 2.24) is 0 Å². The molecular formula is C20H38O6. The minimum Gasteiger partial charge on any atom is -0.378 e. The van der Waals surface area contributed by atoms with Gasteiger partial charge in [0.2, 0.25) is 0 Å². The first-order valence-electron chi connectivity index (χ1n) is 10.00. The van der Waals surface area contributed by atoms with Gasteiger partial charge in [0.25, 0.3) is 0 Å². The minimum absolute atomic E-state index is 0.0133. The summed E-state index contributed by atoms with van der Waals surface area (Å²) in [7, 11) is 0. The van der Waals surface area contributed by atoms with Crippen LogP contribution in [0.3, 0.4) is 0 Å². The first-order chi connectivity index (χ1) is 12.2. The number of ether oxygens (including phenoxy) is 6. The van der Waals surface area contributed by atoms with Gasteiger partial charge in [-0.2, -0.15) is 0 Å². The Morgan fingerprint density at radius 1 is 0.885 bits per heavy atom. The molecule has 0 amide bonds. The summed E-state index contributed by atoms with van der Waals surface area (Å²) < 4.78 is 34.7. The number of hydrogen-bond donors (Lipinski definition) is 0. The van der Waals surface area contributed by atoms with Gasteiger partial charge >= 0.3 is 0 Å². The van der Waals surface area contributed by atoms with Crippen LogP contribution in [0.25, 0.3) is 0 Å². The molecule has 0 saturated carbocycles. The van der Waals surface area contributed by atoms with E-state index >= 15 is 0 Å². The summed E-state index contributed by atoms with van der Waals surface area (Å²) in [5.41, 5.74) is 0. The van der Waals surface area contributed by atoms with Crippen molar-refractivity contribution in [2.45, 2.75) is 78.2 Å². The molecule has 0 aromatic carbocycles. The Morgan fingerprint density at radius 2 is 1.35 bits per heavy atom. The quantitative estimate of drug-likeness (QED) is 0.553. The normalized spacial score (nSPS) is 29.8. The molecule has 0 aromatic heterocycles. The smallest absolute Gasteiger partial charge is 0.163 e. The molecule has 0 radical (unpaired) electrons. The molecule has 6 heteroatoms. The summed E-state index contributed by atoms with van der Waals surface area (Å²) in [5.74, 6) is -0.0817. The van der Waals surface area contributed by atoms with Crippen LogP contribution >= 0.6 is 0 Å². The van der Waals surface area contributed by atoms with Crippen LogP contribution in [0.15, 0.2) is 0 Å². The van der Waals surface area contributed by atoms with Crippen LogP contribution in [0.4, 0.5) is 0 Å². The van der Waals surface area contributed by atoms with Crippen LogP contribution in [0, 0.1) is 11.8 Å². The Morgan fingerprint density at radius 3 is 1.69 bits per heavy atom. The van der Waals surface area contributed by atoms with Gasteiger partial charge in [0.1, 0.15) is 12.2 Å². The van der Waals surface area contributed by atoms with Gasteiger partial charge < -0.3 is 28.4 Å². The SMILES string of the molecule is CCCC(C)C(COCC1COC(C)(C)O1)COCC1COC(C)(C)O1. The summed E-state index contributed by atoms with van der Waals surface area (Å²) in [6, 6.07) is 0. The van der Waals surface area contributed by atoms with Crippen LogP contribution in [0.1, 0.15) is 54.4 Å². The molecule has 2 heterocycles. The standard InChI is InChI=1S/C20H38O6/c1-7-8-15(2)16(9-21-11-17-13-23-19(3,4)25-17)10-22-12-18-14-24-20(5,6)26-18/h15-18H,7-14H2,1-6H3. The maximum atomic E-state index is 5.96. The van der Waals surface area contributed by atoms with Crippen molar-refractivity contribution in [3.8, 4) is 0 Å². The predicted molar refractivity (Wildman–Crippen MR) is 99.0 cm³/mol. The molecule has 26 heavy (non-hydrogen) atoms. The second-order valence-corrected chi connectivity index (χ2v) is 8.50. The van der Waals surface area contributed by atoms with E-state index in [2.05, 4.69) is 13.8 Å². The van der Waals surface area contributed by atoms with Gasteiger partial charge in [-0.25, -0.2) is 0 Å². The fourth-order valence-electron chi connectivity index (χ4n) is 3.46. The van der Waals surface area contributed by atoms with Crippen molar-refractivity contribution in [3.05, 3.63) is 0 Å². The molecule has 2 aliphatic heterocycles. The van der Waals surface area contributed by atoms with E-state index < -0.39 is 11.6 Å². The molecule has 154 valence electrons. The predicted octanol–water partition coefficient (Wildman–Crippen LogP) is 3.38. The van der Waals surface area contributed by atoms with E-state index in [1.807, 2.05) is 27.7 Å². The first kappa shape index (κ1) is 22.1. The molecule has 0 spiro atoms. The van der Waals surface area contributed by atoms with Crippen molar-refractivity contribution in [3.63, 3.8) is 0 Å². The van der Waals surface area contributed by atoms with E-state index in [9.17, 15) is 0 Å². The van der Waals surface area contributed by atoms with Crippen molar-refractivity contribution in [1.29, 1.82) is 0 Å². The molecular weight excluding hydrogens is 336 g/mol. The Hall–Kier alpha value is -0.240. The van der Waals surface area contributed by atoms with E-state index in [0.29, 0.717) is 51.5 Å². The average Bonchev–Trinajstić information content (AvgIpc) is 3.07. The topological polar surface area (TPSA) is 55.4 Å². The van der Waals surface area contributed by atoms with Crippen molar-refractivity contribution < 1.29 is 28.4 Å². The van der Waals surface area contributed by atoms with Gasteiger partial charge in [0.05, 0.1) is 39.6 Å². The van der Waals surface area contributed by atoms with E-state index in [-0.39, 0.29) is 12.2 Å². The Labute approximate surface area is 158 Å². The van der Waals surface area contributed by atoms with Crippen molar-refractivity contribution in [2.75, 3.05) is 39.6 Å². The Kier molecular flexibility index (Phi) is 8.32. The third-order valence-corrected chi connectivity index (χ3v) is 4.95. The van der Waals surface area contributed by atoms with Gasteiger partial charge in [-0.05, 0) is 33.6 Å². The highest BCUT2D eigenvalue weighted by atomic mass is 16.8. The highest BCUT2D eigenvalue weighted by Gasteiger charge is 2.34. The monoisotopic (exact) mass is 374 g/mol. The largest absolute Gasteiger partial charge is 0.378 e. The third kappa shape index (κ3) is 7.41. The summed E-state index contributed by atoms with van der Waals surface area (Å²) in [6.45, 7) is 15.9. The molecule has 3 atom stereocenters. The second kappa shape index (κ2) is 9.80. The van der Waals surface area contributed by atoms with Crippen LogP contribution in [0.2, 0.25) is 0 Å². The third-order valence-electron chi connectivity index (χ3n) is 4.95. The summed E-state index contributed by atoms with van der Waals surface area (Å²) in [6.07, 6.45) is 2.36. The Bertz CT molecular complexity index is 379. The molecule has 0 N–H and O–H groups in total.